The SMILES string of the molecule is O=C(C1CC(F)(F)C1)C(F)(F)F. The molecule has 0 aromatic rings. The molecule has 0 radical (unpaired) electrons. The molecule has 1 rings (SSSR count). The predicted octanol–water partition coefficient (Wildman–Crippen LogP) is 2.16. The minimum Gasteiger partial charge on any atom is -0.289 e. The fourth-order valence-corrected chi connectivity index (χ4v) is 1.08. The van der Waals surface area contributed by atoms with Gasteiger partial charge in [-0.2, -0.15) is 13.2 Å². The molecule has 12 heavy (non-hydrogen) atoms. The van der Waals surface area contributed by atoms with Gasteiger partial charge in [0.05, 0.1) is 0 Å². The summed E-state index contributed by atoms with van der Waals surface area (Å²) in [7, 11) is 0. The lowest BCUT2D eigenvalue weighted by Crippen LogP contribution is -2.44. The summed E-state index contributed by atoms with van der Waals surface area (Å²) >= 11 is 0. The predicted molar refractivity (Wildman–Crippen MR) is 28.7 cm³/mol. The Balaban J connectivity index is 2.50. The van der Waals surface area contributed by atoms with Crippen molar-refractivity contribution in [1.29, 1.82) is 0 Å². The van der Waals surface area contributed by atoms with Gasteiger partial charge in [0.15, 0.2) is 0 Å². The molecule has 1 aliphatic carbocycles. The van der Waals surface area contributed by atoms with Gasteiger partial charge >= 0.3 is 6.18 Å². The van der Waals surface area contributed by atoms with Gasteiger partial charge in [0.25, 0.3) is 0 Å². The quantitative estimate of drug-likeness (QED) is 0.576. The van der Waals surface area contributed by atoms with E-state index < -0.39 is 36.6 Å². The number of hydrogen-bond acceptors (Lipinski definition) is 1. The first-order valence-corrected chi connectivity index (χ1v) is 3.21. The van der Waals surface area contributed by atoms with Crippen molar-refractivity contribution in [2.45, 2.75) is 24.9 Å². The first-order chi connectivity index (χ1) is 5.22. The summed E-state index contributed by atoms with van der Waals surface area (Å²) in [4.78, 5) is 10.3. The van der Waals surface area contributed by atoms with Crippen LogP contribution in [-0.4, -0.2) is 17.9 Å². The van der Waals surface area contributed by atoms with Crippen LogP contribution >= 0.6 is 0 Å². The molecular formula is C6H5F5O. The average molecular weight is 188 g/mol. The molecule has 0 aliphatic heterocycles. The van der Waals surface area contributed by atoms with Gasteiger partial charge in [-0.25, -0.2) is 8.78 Å². The van der Waals surface area contributed by atoms with Crippen LogP contribution in [0.5, 0.6) is 0 Å². The van der Waals surface area contributed by atoms with E-state index in [1.807, 2.05) is 0 Å². The van der Waals surface area contributed by atoms with E-state index in [1.54, 1.807) is 0 Å². The second-order valence-corrected chi connectivity index (χ2v) is 2.82. The Morgan fingerprint density at radius 1 is 1.25 bits per heavy atom. The van der Waals surface area contributed by atoms with Gasteiger partial charge in [-0.1, -0.05) is 0 Å². The minimum absolute atomic E-state index is 0.967. The highest BCUT2D eigenvalue weighted by Gasteiger charge is 2.55. The molecule has 1 nitrogen and oxygen atoms in total. The Kier molecular flexibility index (Phi) is 1.88. The normalized spacial score (nSPS) is 23.4. The number of Topliss-reactive ketones (excluding diaryl/α,β-unsaturated/α-hetero) is 1. The Bertz CT molecular complexity index is 198. The number of rotatable bonds is 1. The van der Waals surface area contributed by atoms with Crippen LogP contribution in [0.15, 0.2) is 0 Å². The third-order valence-corrected chi connectivity index (χ3v) is 1.74. The molecule has 6 heteroatoms. The van der Waals surface area contributed by atoms with Crippen LogP contribution < -0.4 is 0 Å². The summed E-state index contributed by atoms with van der Waals surface area (Å²) in [6, 6.07) is 0. The molecule has 1 aliphatic rings. The maximum absolute atomic E-state index is 12.0. The summed E-state index contributed by atoms with van der Waals surface area (Å²) in [5.74, 6) is -6.64. The smallest absolute Gasteiger partial charge is 0.289 e. The number of carbonyl (C=O) groups excluding carboxylic acids is 1. The van der Waals surface area contributed by atoms with Crippen LogP contribution in [0.1, 0.15) is 12.8 Å². The summed E-state index contributed by atoms with van der Waals surface area (Å²) in [6.45, 7) is 0. The standard InChI is InChI=1S/C6H5F5O/c7-5(8)1-3(2-5)4(12)6(9,10)11/h3H,1-2H2. The minimum atomic E-state index is -4.97. The van der Waals surface area contributed by atoms with E-state index >= 15 is 0 Å². The topological polar surface area (TPSA) is 17.1 Å². The van der Waals surface area contributed by atoms with Crippen molar-refractivity contribution >= 4 is 5.78 Å². The maximum atomic E-state index is 12.0. The first kappa shape index (κ1) is 9.41. The molecule has 0 aromatic heterocycles. The van der Waals surface area contributed by atoms with Gasteiger partial charge < -0.3 is 0 Å². The van der Waals surface area contributed by atoms with Crippen molar-refractivity contribution in [2.24, 2.45) is 5.92 Å². The summed E-state index contributed by atoms with van der Waals surface area (Å²) < 4.78 is 58.8. The Labute approximate surface area is 64.5 Å². The van der Waals surface area contributed by atoms with Gasteiger partial charge in [-0.3, -0.25) is 4.79 Å². The fourth-order valence-electron chi connectivity index (χ4n) is 1.08. The van der Waals surface area contributed by atoms with E-state index in [4.69, 9.17) is 0 Å². The maximum Gasteiger partial charge on any atom is 0.450 e. The molecule has 1 fully saturated rings. The fraction of sp³-hybridized carbons (Fsp3) is 0.833. The van der Waals surface area contributed by atoms with Crippen LogP contribution in [0.25, 0.3) is 0 Å². The van der Waals surface area contributed by atoms with Crippen LogP contribution in [0.4, 0.5) is 22.0 Å². The molecule has 0 aromatic carbocycles. The van der Waals surface area contributed by atoms with Gasteiger partial charge in [0, 0.05) is 18.8 Å². The number of alkyl halides is 5. The van der Waals surface area contributed by atoms with E-state index in [1.165, 1.54) is 0 Å². The highest BCUT2D eigenvalue weighted by Crippen LogP contribution is 2.45. The zero-order chi connectivity index (χ0) is 9.57. The summed E-state index contributed by atoms with van der Waals surface area (Å²) in [5, 5.41) is 0. The highest BCUT2D eigenvalue weighted by molar-refractivity contribution is 5.87. The van der Waals surface area contributed by atoms with Gasteiger partial charge in [-0.05, 0) is 0 Å². The Hall–Kier alpha value is -0.680. The lowest BCUT2D eigenvalue weighted by Gasteiger charge is -2.33. The van der Waals surface area contributed by atoms with Crippen molar-refractivity contribution in [3.05, 3.63) is 0 Å². The van der Waals surface area contributed by atoms with Crippen LogP contribution in [0.3, 0.4) is 0 Å². The Morgan fingerprint density at radius 3 is 1.92 bits per heavy atom. The molecule has 0 heterocycles. The van der Waals surface area contributed by atoms with Crippen LogP contribution in [-0.2, 0) is 4.79 Å². The average Bonchev–Trinajstić information content (AvgIpc) is 1.78. The molecule has 0 atom stereocenters. The van der Waals surface area contributed by atoms with Crippen molar-refractivity contribution in [2.75, 3.05) is 0 Å². The molecule has 0 N–H and O–H groups in total. The second kappa shape index (κ2) is 2.40. The van der Waals surface area contributed by atoms with E-state index in [9.17, 15) is 26.7 Å². The molecule has 0 spiro atoms. The number of hydrogen-bond donors (Lipinski definition) is 0. The molecule has 0 amide bonds. The van der Waals surface area contributed by atoms with E-state index in [-0.39, 0.29) is 0 Å². The molecular weight excluding hydrogens is 183 g/mol. The largest absolute Gasteiger partial charge is 0.450 e. The number of ketones is 1. The first-order valence-electron chi connectivity index (χ1n) is 3.21. The van der Waals surface area contributed by atoms with Crippen molar-refractivity contribution in [3.63, 3.8) is 0 Å². The zero-order valence-corrected chi connectivity index (χ0v) is 5.79. The van der Waals surface area contributed by atoms with Crippen molar-refractivity contribution < 1.29 is 26.7 Å². The monoisotopic (exact) mass is 188 g/mol. The lowest BCUT2D eigenvalue weighted by atomic mass is 9.78. The third kappa shape index (κ3) is 1.73. The highest BCUT2D eigenvalue weighted by atomic mass is 19.4. The summed E-state index contributed by atoms with van der Waals surface area (Å²) in [6.07, 6.45) is -6.90. The zero-order valence-electron chi connectivity index (χ0n) is 5.79. The van der Waals surface area contributed by atoms with Crippen LogP contribution in [0, 0.1) is 5.92 Å². The van der Waals surface area contributed by atoms with E-state index in [2.05, 4.69) is 0 Å². The third-order valence-electron chi connectivity index (χ3n) is 1.74. The van der Waals surface area contributed by atoms with E-state index in [0.29, 0.717) is 0 Å². The molecule has 0 bridgehead atoms. The van der Waals surface area contributed by atoms with Crippen molar-refractivity contribution in [3.8, 4) is 0 Å². The number of carbonyl (C=O) groups is 1. The molecule has 1 saturated carbocycles. The van der Waals surface area contributed by atoms with Gasteiger partial charge in [-0.15, -0.1) is 0 Å². The lowest BCUT2D eigenvalue weighted by molar-refractivity contribution is -0.192. The van der Waals surface area contributed by atoms with Gasteiger partial charge in [0.2, 0.25) is 11.7 Å². The summed E-state index contributed by atoms with van der Waals surface area (Å²) in [5.41, 5.74) is 0. The number of halogens is 5. The molecule has 0 saturated heterocycles. The molecule has 70 valence electrons. The second-order valence-electron chi connectivity index (χ2n) is 2.82. The molecule has 0 unspecified atom stereocenters. The van der Waals surface area contributed by atoms with Gasteiger partial charge in [0.1, 0.15) is 0 Å². The van der Waals surface area contributed by atoms with Crippen LogP contribution in [0.2, 0.25) is 0 Å². The van der Waals surface area contributed by atoms with E-state index in [0.717, 1.165) is 0 Å². The van der Waals surface area contributed by atoms with Crippen molar-refractivity contribution in [1.82, 2.24) is 0 Å². The Morgan fingerprint density at radius 2 is 1.67 bits per heavy atom.